The van der Waals surface area contributed by atoms with Crippen LogP contribution in [0.2, 0.25) is 0 Å². The molecule has 0 spiro atoms. The minimum absolute atomic E-state index is 0.0480. The third-order valence-corrected chi connectivity index (χ3v) is 5.56. The second-order valence-electron chi connectivity index (χ2n) is 8.07. The number of benzene rings is 2. The molecule has 0 radical (unpaired) electrons. The van der Waals surface area contributed by atoms with E-state index in [-0.39, 0.29) is 23.3 Å². The van der Waals surface area contributed by atoms with Crippen LogP contribution in [0.1, 0.15) is 43.0 Å². The number of carbonyl (C=O) groups excluding carboxylic acids is 1. The number of halogens is 5. The minimum atomic E-state index is -4.60. The largest absolute Gasteiger partial charge is 0.416 e. The highest BCUT2D eigenvalue weighted by Gasteiger charge is 2.34. The first-order valence-electron chi connectivity index (χ1n) is 11.0. The van der Waals surface area contributed by atoms with Crippen LogP contribution in [0.25, 0.3) is 0 Å². The Balaban J connectivity index is 1.68. The zero-order valence-corrected chi connectivity index (χ0v) is 21.0. The van der Waals surface area contributed by atoms with Crippen LogP contribution in [0, 0.1) is 11.6 Å². The fraction of sp³-hybridized carbons (Fsp3) is 0.304. The van der Waals surface area contributed by atoms with Gasteiger partial charge < -0.3 is 19.2 Å². The molecule has 1 atom stereocenters. The van der Waals surface area contributed by atoms with E-state index in [4.69, 9.17) is 13.9 Å². The van der Waals surface area contributed by atoms with Crippen molar-refractivity contribution < 1.29 is 49.1 Å². The summed E-state index contributed by atoms with van der Waals surface area (Å²) in [6, 6.07) is 4.07. The maximum Gasteiger partial charge on any atom is 0.416 e. The molecule has 3 rings (SSSR count). The van der Waals surface area contributed by atoms with Gasteiger partial charge in [0.05, 0.1) is 17.9 Å². The van der Waals surface area contributed by atoms with Gasteiger partial charge in [-0.05, 0) is 43.2 Å². The van der Waals surface area contributed by atoms with Crippen LogP contribution in [0.4, 0.5) is 32.4 Å². The first kappa shape index (κ1) is 28.7. The van der Waals surface area contributed by atoms with Gasteiger partial charge in [-0.25, -0.2) is 22.0 Å². The number of rotatable bonds is 9. The van der Waals surface area contributed by atoms with Crippen molar-refractivity contribution in [1.82, 2.24) is 10.3 Å². The van der Waals surface area contributed by atoms with Crippen molar-refractivity contribution >= 4 is 21.8 Å². The maximum atomic E-state index is 14.2. The summed E-state index contributed by atoms with van der Waals surface area (Å²) in [5.74, 6) is -2.95. The van der Waals surface area contributed by atoms with E-state index in [9.17, 15) is 35.2 Å². The van der Waals surface area contributed by atoms with Crippen molar-refractivity contribution in [2.45, 2.75) is 38.9 Å². The van der Waals surface area contributed by atoms with Gasteiger partial charge in [0.2, 0.25) is 10.0 Å². The van der Waals surface area contributed by atoms with E-state index in [1.807, 2.05) is 0 Å². The Kier molecular flexibility index (Phi) is 8.49. The number of nitrogens with zero attached hydrogens (tertiary/aromatic N) is 1. The lowest BCUT2D eigenvalue weighted by molar-refractivity contribution is -0.138. The minimum Gasteiger partial charge on any atom is -0.413 e. The fourth-order valence-electron chi connectivity index (χ4n) is 3.38. The Morgan fingerprint density at radius 1 is 1.18 bits per heavy atom. The van der Waals surface area contributed by atoms with Crippen molar-refractivity contribution in [3.8, 4) is 17.7 Å². The van der Waals surface area contributed by atoms with Crippen molar-refractivity contribution in [3.05, 3.63) is 64.9 Å². The molecule has 3 aromatic rings. The van der Waals surface area contributed by atoms with E-state index < -0.39 is 63.2 Å². The van der Waals surface area contributed by atoms with Crippen LogP contribution in [-0.2, 0) is 22.6 Å². The number of nitrogens with one attached hydrogen (secondary N) is 2. The van der Waals surface area contributed by atoms with Gasteiger partial charge in [-0.3, -0.25) is 4.72 Å². The molecule has 2 N–H and O–H groups in total. The predicted molar refractivity (Wildman–Crippen MR) is 124 cm³/mol. The molecule has 0 aliphatic heterocycles. The summed E-state index contributed by atoms with van der Waals surface area (Å²) in [7, 11) is -3.94. The van der Waals surface area contributed by atoms with Gasteiger partial charge in [0, 0.05) is 5.56 Å². The number of sulfonamides is 1. The Morgan fingerprint density at radius 2 is 1.84 bits per heavy atom. The molecule has 38 heavy (non-hydrogen) atoms. The summed E-state index contributed by atoms with van der Waals surface area (Å²) in [6.45, 7) is 3.08. The summed E-state index contributed by atoms with van der Waals surface area (Å²) < 4.78 is 108. The van der Waals surface area contributed by atoms with Crippen molar-refractivity contribution in [1.29, 1.82) is 0 Å². The number of oxazole rings is 1. The van der Waals surface area contributed by atoms with Crippen LogP contribution >= 0.6 is 0 Å². The number of anilines is 1. The van der Waals surface area contributed by atoms with E-state index in [1.54, 1.807) is 11.6 Å². The molecule has 206 valence electrons. The third kappa shape index (κ3) is 7.34. The van der Waals surface area contributed by atoms with Crippen LogP contribution in [-0.4, -0.2) is 25.8 Å². The van der Waals surface area contributed by atoms with E-state index in [0.29, 0.717) is 6.42 Å². The van der Waals surface area contributed by atoms with Crippen LogP contribution in [0.3, 0.4) is 0 Å². The number of alkyl halides is 3. The van der Waals surface area contributed by atoms with Crippen molar-refractivity contribution in [2.75, 3.05) is 11.0 Å². The monoisotopic (exact) mass is 563 g/mol. The molecule has 0 saturated carbocycles. The van der Waals surface area contributed by atoms with Crippen molar-refractivity contribution in [2.24, 2.45) is 0 Å². The molecule has 9 nitrogen and oxygen atoms in total. The van der Waals surface area contributed by atoms with Crippen LogP contribution < -0.4 is 19.5 Å². The highest BCUT2D eigenvalue weighted by atomic mass is 32.2. The van der Waals surface area contributed by atoms with Crippen LogP contribution in [0.15, 0.2) is 41.0 Å². The molecule has 1 amide bonds. The first-order valence-corrected chi connectivity index (χ1v) is 12.8. The molecule has 1 heterocycles. The summed E-state index contributed by atoms with van der Waals surface area (Å²) in [5, 5.41) is 2.30. The van der Waals surface area contributed by atoms with Gasteiger partial charge in [0.25, 0.3) is 5.88 Å². The zero-order valence-electron chi connectivity index (χ0n) is 20.2. The number of aromatic nitrogens is 1. The van der Waals surface area contributed by atoms with Gasteiger partial charge >= 0.3 is 18.3 Å². The summed E-state index contributed by atoms with van der Waals surface area (Å²) in [6.07, 6.45) is -4.12. The second-order valence-corrected chi connectivity index (χ2v) is 9.82. The van der Waals surface area contributed by atoms with E-state index in [0.717, 1.165) is 30.7 Å². The Morgan fingerprint density at radius 3 is 2.42 bits per heavy atom. The number of hydrogen-bond acceptors (Lipinski definition) is 7. The maximum absolute atomic E-state index is 14.2. The number of amides is 1. The number of ether oxygens (including phenoxy) is 2. The molecule has 0 fully saturated rings. The van der Waals surface area contributed by atoms with Crippen LogP contribution in [0.5, 0.6) is 17.7 Å². The number of carbonyl (C=O) groups is 1. The molecular weight excluding hydrogens is 541 g/mol. The lowest BCUT2D eigenvalue weighted by atomic mass is 10.0. The van der Waals surface area contributed by atoms with Crippen molar-refractivity contribution in [3.63, 3.8) is 0 Å². The standard InChI is InChI=1S/C23H22F5N3O6S/c1-4-6-14-15(23(26,27)28)7-5-8-18(14)36-22-30-19(11-35-22)37-21(32)29-12(2)13-9-16(24)20(17(25)10-13)31-38(3,33)34/h5,7-12,31H,4,6H2,1-3H3,(H,29,32). The predicted octanol–water partition coefficient (Wildman–Crippen LogP) is 5.94. The average molecular weight is 564 g/mol. The average Bonchev–Trinajstić information content (AvgIpc) is 3.22. The highest BCUT2D eigenvalue weighted by molar-refractivity contribution is 7.92. The Bertz CT molecular complexity index is 1400. The molecule has 0 bridgehead atoms. The van der Waals surface area contributed by atoms with E-state index in [2.05, 4.69) is 10.3 Å². The normalized spacial score (nSPS) is 12.6. The van der Waals surface area contributed by atoms with E-state index in [1.165, 1.54) is 19.1 Å². The number of hydrogen-bond donors (Lipinski definition) is 2. The summed E-state index contributed by atoms with van der Waals surface area (Å²) in [5.41, 5.74) is -1.87. The third-order valence-electron chi connectivity index (χ3n) is 4.98. The molecule has 0 saturated heterocycles. The Hall–Kier alpha value is -3.88. The van der Waals surface area contributed by atoms with Gasteiger partial charge in [0.15, 0.2) is 17.9 Å². The Labute approximate surface area is 214 Å². The lowest BCUT2D eigenvalue weighted by Gasteiger charge is -2.15. The van der Waals surface area contributed by atoms with Gasteiger partial charge in [-0.15, -0.1) is 4.98 Å². The molecule has 0 aliphatic rings. The topological polar surface area (TPSA) is 120 Å². The molecule has 1 unspecified atom stereocenters. The molecule has 0 aliphatic carbocycles. The molecule has 15 heteroatoms. The second kappa shape index (κ2) is 11.2. The van der Waals surface area contributed by atoms with Gasteiger partial charge in [-0.2, -0.15) is 13.2 Å². The van der Waals surface area contributed by atoms with Gasteiger partial charge in [-0.1, -0.05) is 19.4 Å². The molecule has 1 aromatic heterocycles. The smallest absolute Gasteiger partial charge is 0.413 e. The SMILES string of the molecule is CCCc1c(Oc2nc(OC(=O)NC(C)c3cc(F)c(NS(C)(=O)=O)c(F)c3)co2)cccc1C(F)(F)F. The summed E-state index contributed by atoms with van der Waals surface area (Å²) >= 11 is 0. The quantitative estimate of drug-likeness (QED) is 0.309. The molecular formula is C23H22F5N3O6S. The first-order chi connectivity index (χ1) is 17.7. The highest BCUT2D eigenvalue weighted by Crippen LogP contribution is 2.38. The van der Waals surface area contributed by atoms with Gasteiger partial charge in [0.1, 0.15) is 11.4 Å². The molecule has 2 aromatic carbocycles. The summed E-state index contributed by atoms with van der Waals surface area (Å²) in [4.78, 5) is 16.0. The lowest BCUT2D eigenvalue weighted by Crippen LogP contribution is -2.29. The zero-order chi connectivity index (χ0) is 28.3. The van der Waals surface area contributed by atoms with E-state index >= 15 is 0 Å². The fourth-order valence-corrected chi connectivity index (χ4v) is 3.94.